The SMILES string of the molecule is N#CC#N.O=S(=O)(O)O.[K]. The first-order chi connectivity index (χ1) is 3.91. The van der Waals surface area contributed by atoms with Crippen LogP contribution in [0.25, 0.3) is 0 Å². The van der Waals surface area contributed by atoms with Crippen LogP contribution in [-0.4, -0.2) is 68.9 Å². The summed E-state index contributed by atoms with van der Waals surface area (Å²) in [6.45, 7) is 0. The second kappa shape index (κ2) is 9.49. The molecule has 51 valence electrons. The summed E-state index contributed by atoms with van der Waals surface area (Å²) in [6.07, 6.45) is 0. The molecule has 8 heteroatoms. The minimum absolute atomic E-state index is 0. The average Bonchev–Trinajstić information content (AvgIpc) is 1.61. The van der Waals surface area contributed by atoms with Crippen LogP contribution < -0.4 is 0 Å². The quantitative estimate of drug-likeness (QED) is 0.372. The van der Waals surface area contributed by atoms with Crippen LogP contribution in [0.5, 0.6) is 0 Å². The van der Waals surface area contributed by atoms with Crippen molar-refractivity contribution in [2.75, 3.05) is 0 Å². The number of rotatable bonds is 0. The normalized spacial score (nSPS) is 6.80. The smallest absolute Gasteiger partial charge is 0.264 e. The molecule has 0 aliphatic heterocycles. The van der Waals surface area contributed by atoms with E-state index in [1.807, 2.05) is 0 Å². The molecule has 0 saturated heterocycles. The molecule has 10 heavy (non-hydrogen) atoms. The molecular formula is C2H2KN2O4S. The van der Waals surface area contributed by atoms with E-state index in [9.17, 15) is 0 Å². The van der Waals surface area contributed by atoms with Gasteiger partial charge in [0.25, 0.3) is 0 Å². The van der Waals surface area contributed by atoms with Crippen molar-refractivity contribution in [1.29, 1.82) is 10.5 Å². The third-order valence-corrected chi connectivity index (χ3v) is 0.0500. The van der Waals surface area contributed by atoms with Crippen molar-refractivity contribution < 1.29 is 17.5 Å². The van der Waals surface area contributed by atoms with Gasteiger partial charge in [-0.15, -0.1) is 0 Å². The summed E-state index contributed by atoms with van der Waals surface area (Å²) in [6, 6.07) is 2.47. The van der Waals surface area contributed by atoms with E-state index in [0.29, 0.717) is 0 Å². The maximum Gasteiger partial charge on any atom is 0.394 e. The number of nitriles is 2. The first-order valence-corrected chi connectivity index (χ1v) is 2.79. The molecular weight excluding hydrogens is 187 g/mol. The molecule has 0 aliphatic rings. The van der Waals surface area contributed by atoms with Gasteiger partial charge in [0, 0.05) is 51.4 Å². The van der Waals surface area contributed by atoms with Crippen LogP contribution >= 0.6 is 0 Å². The number of hydrogen-bond acceptors (Lipinski definition) is 4. The molecule has 0 amide bonds. The Hall–Kier alpha value is 0.486. The van der Waals surface area contributed by atoms with Crippen molar-refractivity contribution in [1.82, 2.24) is 0 Å². The van der Waals surface area contributed by atoms with Crippen molar-refractivity contribution >= 4 is 61.8 Å². The summed E-state index contributed by atoms with van der Waals surface area (Å²) in [4.78, 5) is 0. The maximum atomic E-state index is 8.74. The third-order valence-electron chi connectivity index (χ3n) is 0.0500. The Balaban J connectivity index is -0.0000000910. The molecule has 0 bridgehead atoms. The van der Waals surface area contributed by atoms with Crippen molar-refractivity contribution in [2.24, 2.45) is 0 Å². The van der Waals surface area contributed by atoms with E-state index in [0.717, 1.165) is 0 Å². The summed E-state index contributed by atoms with van der Waals surface area (Å²) in [7, 11) is -4.67. The Morgan fingerprint density at radius 2 is 1.20 bits per heavy atom. The third kappa shape index (κ3) is 215. The molecule has 2 N–H and O–H groups in total. The first kappa shape index (κ1) is 16.8. The van der Waals surface area contributed by atoms with E-state index >= 15 is 0 Å². The second-order valence-corrected chi connectivity index (χ2v) is 1.57. The van der Waals surface area contributed by atoms with Crippen LogP contribution in [0.15, 0.2) is 0 Å². The molecule has 0 aromatic carbocycles. The zero-order valence-corrected chi connectivity index (χ0v) is 8.95. The largest absolute Gasteiger partial charge is 0.394 e. The zero-order chi connectivity index (χ0) is 7.91. The molecule has 0 unspecified atom stereocenters. The Morgan fingerprint density at radius 1 is 1.10 bits per heavy atom. The Kier molecular flexibility index (Phi) is 16.0. The molecule has 0 aromatic heterocycles. The predicted octanol–water partition coefficient (Wildman–Crippen LogP) is -1.00. The van der Waals surface area contributed by atoms with Gasteiger partial charge in [0.15, 0.2) is 12.1 Å². The van der Waals surface area contributed by atoms with Gasteiger partial charge in [-0.3, -0.25) is 9.11 Å². The molecule has 0 rings (SSSR count). The van der Waals surface area contributed by atoms with Crippen LogP contribution in [0.1, 0.15) is 0 Å². The van der Waals surface area contributed by atoms with Crippen LogP contribution in [-0.2, 0) is 10.4 Å². The summed E-state index contributed by atoms with van der Waals surface area (Å²) < 4.78 is 31.6. The van der Waals surface area contributed by atoms with Crippen LogP contribution in [0.2, 0.25) is 0 Å². The molecule has 0 aliphatic carbocycles. The second-order valence-electron chi connectivity index (χ2n) is 0.671. The zero-order valence-electron chi connectivity index (χ0n) is 5.01. The molecule has 0 aromatic rings. The standard InChI is InChI=1S/C2N2.K.H2O4S/c3-1-2-4;;1-5(2,3)4/h;;(H2,1,2,3,4). The fourth-order valence-corrected chi connectivity index (χ4v) is 0. The monoisotopic (exact) mass is 189 g/mol. The van der Waals surface area contributed by atoms with Gasteiger partial charge < -0.3 is 0 Å². The molecule has 6 nitrogen and oxygen atoms in total. The van der Waals surface area contributed by atoms with Gasteiger partial charge in [-0.25, -0.2) is 0 Å². The molecule has 0 atom stereocenters. The molecule has 0 spiro atoms. The fraction of sp³-hybridized carbons (Fsp3) is 0. The Morgan fingerprint density at radius 3 is 1.20 bits per heavy atom. The molecule has 1 radical (unpaired) electrons. The topological polar surface area (TPSA) is 122 Å². The van der Waals surface area contributed by atoms with E-state index in [1.54, 1.807) is 0 Å². The van der Waals surface area contributed by atoms with Crippen molar-refractivity contribution in [3.63, 3.8) is 0 Å². The molecule has 0 saturated carbocycles. The summed E-state index contributed by atoms with van der Waals surface area (Å²) in [5.74, 6) is 0. The van der Waals surface area contributed by atoms with E-state index in [1.165, 1.54) is 12.1 Å². The van der Waals surface area contributed by atoms with Gasteiger partial charge >= 0.3 is 10.4 Å². The van der Waals surface area contributed by atoms with Crippen molar-refractivity contribution in [2.45, 2.75) is 0 Å². The van der Waals surface area contributed by atoms with Crippen LogP contribution in [0, 0.1) is 22.7 Å². The van der Waals surface area contributed by atoms with Gasteiger partial charge in [-0.05, 0) is 0 Å². The van der Waals surface area contributed by atoms with Crippen molar-refractivity contribution in [3.05, 3.63) is 0 Å². The van der Waals surface area contributed by atoms with E-state index in [-0.39, 0.29) is 51.4 Å². The predicted molar refractivity (Wildman–Crippen MR) is 31.2 cm³/mol. The summed E-state index contributed by atoms with van der Waals surface area (Å²) >= 11 is 0. The minimum Gasteiger partial charge on any atom is -0.264 e. The van der Waals surface area contributed by atoms with Crippen LogP contribution in [0.3, 0.4) is 0 Å². The van der Waals surface area contributed by atoms with Crippen molar-refractivity contribution in [3.8, 4) is 12.1 Å². The van der Waals surface area contributed by atoms with Gasteiger partial charge in [0.05, 0.1) is 0 Å². The number of nitrogens with zero attached hydrogens (tertiary/aromatic N) is 2. The van der Waals surface area contributed by atoms with Gasteiger partial charge in [0.2, 0.25) is 0 Å². The van der Waals surface area contributed by atoms with Gasteiger partial charge in [0.1, 0.15) is 0 Å². The molecule has 0 heterocycles. The summed E-state index contributed by atoms with van der Waals surface area (Å²) in [5, 5.41) is 14.5. The number of hydrogen-bond donors (Lipinski definition) is 2. The van der Waals surface area contributed by atoms with E-state index in [4.69, 9.17) is 28.0 Å². The van der Waals surface area contributed by atoms with Crippen LogP contribution in [0.4, 0.5) is 0 Å². The van der Waals surface area contributed by atoms with E-state index in [2.05, 4.69) is 0 Å². The molecule has 0 fully saturated rings. The van der Waals surface area contributed by atoms with Gasteiger partial charge in [-0.2, -0.15) is 18.9 Å². The Bertz CT molecular complexity index is 213. The minimum atomic E-state index is -4.67. The maximum absolute atomic E-state index is 8.74. The fourth-order valence-electron chi connectivity index (χ4n) is 0. The Labute approximate surface area is 100 Å². The van der Waals surface area contributed by atoms with Gasteiger partial charge in [-0.1, -0.05) is 0 Å². The first-order valence-electron chi connectivity index (χ1n) is 1.40. The average molecular weight is 189 g/mol. The van der Waals surface area contributed by atoms with E-state index < -0.39 is 10.4 Å². The summed E-state index contributed by atoms with van der Waals surface area (Å²) in [5.41, 5.74) is 0.